The van der Waals surface area contributed by atoms with Gasteiger partial charge < -0.3 is 28.4 Å². The summed E-state index contributed by atoms with van der Waals surface area (Å²) in [5, 5.41) is 15.4. The molecule has 240 valence electrons. The first-order valence-electron chi connectivity index (χ1n) is 13.6. The summed E-state index contributed by atoms with van der Waals surface area (Å²) in [5.74, 6) is 3.54. The second kappa shape index (κ2) is 15.8. The fourth-order valence-corrected chi connectivity index (χ4v) is 5.22. The van der Waals surface area contributed by atoms with Crippen molar-refractivity contribution < 1.29 is 28.4 Å². The van der Waals surface area contributed by atoms with Crippen molar-refractivity contribution in [2.45, 2.75) is 13.1 Å². The minimum Gasteiger partial charge on any atom is -0.493 e. The first kappa shape index (κ1) is 34.6. The number of hydrogen-bond donors (Lipinski definition) is 2. The molecule has 0 radical (unpaired) electrons. The van der Waals surface area contributed by atoms with Crippen LogP contribution in [0, 0.1) is 0 Å². The van der Waals surface area contributed by atoms with Crippen LogP contribution in [-0.4, -0.2) is 99.0 Å². The zero-order valence-electron chi connectivity index (χ0n) is 25.8. The van der Waals surface area contributed by atoms with Gasteiger partial charge in [0.25, 0.3) is 0 Å². The molecule has 0 aliphatic carbocycles. The molecule has 2 aromatic heterocycles. The molecular weight excluding hydrogens is 611 g/mol. The summed E-state index contributed by atoms with van der Waals surface area (Å²) in [4.78, 5) is 4.83. The average Bonchev–Trinajstić information content (AvgIpc) is 3.70. The second-order valence-electron chi connectivity index (χ2n) is 9.93. The number of piperazine rings is 1. The Balaban J connectivity index is 0.00000264. The lowest BCUT2D eigenvalue weighted by Crippen LogP contribution is -2.45. The van der Waals surface area contributed by atoms with Crippen molar-refractivity contribution >= 4 is 24.8 Å². The highest BCUT2D eigenvalue weighted by atomic mass is 35.5. The Bertz CT molecular complexity index is 1340. The molecular formula is C30H40Cl2N6O6. The number of halogens is 2. The maximum Gasteiger partial charge on any atom is 0.203 e. The van der Waals surface area contributed by atoms with Gasteiger partial charge in [0, 0.05) is 50.4 Å². The average molecular weight is 652 g/mol. The number of rotatable bonds is 12. The van der Waals surface area contributed by atoms with Gasteiger partial charge in [-0.1, -0.05) is 0 Å². The van der Waals surface area contributed by atoms with Crippen molar-refractivity contribution in [3.63, 3.8) is 0 Å². The smallest absolute Gasteiger partial charge is 0.203 e. The first-order valence-corrected chi connectivity index (χ1v) is 13.6. The molecule has 0 atom stereocenters. The molecule has 0 unspecified atom stereocenters. The number of nitrogens with one attached hydrogen (secondary N) is 2. The minimum absolute atomic E-state index is 0. The fourth-order valence-electron chi connectivity index (χ4n) is 5.22. The van der Waals surface area contributed by atoms with E-state index in [2.05, 4.69) is 42.3 Å². The Morgan fingerprint density at radius 1 is 0.523 bits per heavy atom. The number of aromatic amines is 2. The molecule has 0 saturated carbocycles. The SMILES string of the molecule is COc1cc(-c2cc(CN3CCN(Cc4cc(-c5cc(OC)c(OC)c(OC)c5)[nH]n4)CC3)n[nH]2)cc(OC)c1OC.Cl.Cl. The molecule has 0 spiro atoms. The second-order valence-corrected chi connectivity index (χ2v) is 9.93. The van der Waals surface area contributed by atoms with Crippen LogP contribution in [0.4, 0.5) is 0 Å². The normalized spacial score (nSPS) is 13.4. The predicted molar refractivity (Wildman–Crippen MR) is 172 cm³/mol. The van der Waals surface area contributed by atoms with Crippen LogP contribution < -0.4 is 28.4 Å². The van der Waals surface area contributed by atoms with Crippen molar-refractivity contribution in [1.82, 2.24) is 30.2 Å². The van der Waals surface area contributed by atoms with Gasteiger partial charge in [-0.15, -0.1) is 24.8 Å². The summed E-state index contributed by atoms with van der Waals surface area (Å²) in [6.45, 7) is 5.30. The van der Waals surface area contributed by atoms with Crippen LogP contribution in [0.25, 0.3) is 22.5 Å². The molecule has 2 N–H and O–H groups in total. The van der Waals surface area contributed by atoms with E-state index in [1.807, 2.05) is 24.3 Å². The van der Waals surface area contributed by atoms with Crippen molar-refractivity contribution in [1.29, 1.82) is 0 Å². The molecule has 0 bridgehead atoms. The molecule has 1 saturated heterocycles. The Morgan fingerprint density at radius 3 is 1.11 bits per heavy atom. The maximum atomic E-state index is 5.50. The van der Waals surface area contributed by atoms with E-state index in [0.717, 1.165) is 73.2 Å². The van der Waals surface area contributed by atoms with Gasteiger partial charge in [0.2, 0.25) is 11.5 Å². The van der Waals surface area contributed by atoms with E-state index in [0.29, 0.717) is 34.5 Å². The van der Waals surface area contributed by atoms with Gasteiger partial charge in [-0.05, 0) is 36.4 Å². The zero-order chi connectivity index (χ0) is 29.6. The standard InChI is InChI=1S/C30H38N6O6.2ClH/c1-37-25-11-19(12-26(38-2)29(25)41-5)23-15-21(31-33-23)17-35-7-9-36(10-8-35)18-22-16-24(34-32-22)20-13-27(39-3)30(42-6)28(14-20)40-4;;/h11-16H,7-10,17-18H2,1-6H3,(H,31,33)(H,32,34);2*1H. The number of aromatic nitrogens is 4. The van der Waals surface area contributed by atoms with Crippen LogP contribution in [0.1, 0.15) is 11.4 Å². The zero-order valence-corrected chi connectivity index (χ0v) is 27.4. The Morgan fingerprint density at radius 2 is 0.841 bits per heavy atom. The van der Waals surface area contributed by atoms with E-state index in [9.17, 15) is 0 Å². The lowest BCUT2D eigenvalue weighted by Gasteiger charge is -2.33. The summed E-state index contributed by atoms with van der Waals surface area (Å²) in [6.07, 6.45) is 0. The van der Waals surface area contributed by atoms with Gasteiger partial charge in [-0.3, -0.25) is 20.0 Å². The van der Waals surface area contributed by atoms with Crippen molar-refractivity contribution in [2.24, 2.45) is 0 Å². The van der Waals surface area contributed by atoms with E-state index < -0.39 is 0 Å². The highest BCUT2D eigenvalue weighted by Gasteiger charge is 2.21. The third-order valence-electron chi connectivity index (χ3n) is 7.45. The van der Waals surface area contributed by atoms with E-state index in [1.165, 1.54) is 0 Å². The molecule has 3 heterocycles. The number of benzene rings is 2. The largest absolute Gasteiger partial charge is 0.493 e. The van der Waals surface area contributed by atoms with E-state index >= 15 is 0 Å². The van der Waals surface area contributed by atoms with Crippen LogP contribution in [0.15, 0.2) is 36.4 Å². The van der Waals surface area contributed by atoms with Gasteiger partial charge in [-0.2, -0.15) is 10.2 Å². The number of H-pyrrole nitrogens is 2. The third kappa shape index (κ3) is 7.44. The lowest BCUT2D eigenvalue weighted by molar-refractivity contribution is 0.120. The van der Waals surface area contributed by atoms with Gasteiger partial charge >= 0.3 is 0 Å². The maximum absolute atomic E-state index is 5.50. The van der Waals surface area contributed by atoms with Crippen LogP contribution in [0.5, 0.6) is 34.5 Å². The first-order chi connectivity index (χ1) is 20.5. The highest BCUT2D eigenvalue weighted by Crippen LogP contribution is 2.42. The van der Waals surface area contributed by atoms with Crippen molar-refractivity contribution in [3.05, 3.63) is 47.8 Å². The molecule has 0 amide bonds. The predicted octanol–water partition coefficient (Wildman–Crippen LogP) is 4.68. The lowest BCUT2D eigenvalue weighted by atomic mass is 10.1. The molecule has 1 aliphatic heterocycles. The van der Waals surface area contributed by atoms with Gasteiger partial charge in [0.15, 0.2) is 23.0 Å². The van der Waals surface area contributed by atoms with E-state index in [-0.39, 0.29) is 24.8 Å². The summed E-state index contributed by atoms with van der Waals surface area (Å²) in [7, 11) is 9.63. The monoisotopic (exact) mass is 650 g/mol. The molecule has 1 aliphatic rings. The molecule has 5 rings (SSSR count). The molecule has 1 fully saturated rings. The van der Waals surface area contributed by atoms with Crippen molar-refractivity contribution in [3.8, 4) is 57.0 Å². The molecule has 44 heavy (non-hydrogen) atoms. The van der Waals surface area contributed by atoms with Crippen LogP contribution >= 0.6 is 24.8 Å². The van der Waals surface area contributed by atoms with Crippen molar-refractivity contribution in [2.75, 3.05) is 68.8 Å². The van der Waals surface area contributed by atoms with E-state index in [4.69, 9.17) is 28.4 Å². The topological polar surface area (TPSA) is 119 Å². The summed E-state index contributed by atoms with van der Waals surface area (Å²) in [6, 6.07) is 11.8. The summed E-state index contributed by atoms with van der Waals surface area (Å²) >= 11 is 0. The number of nitrogens with zero attached hydrogens (tertiary/aromatic N) is 4. The molecule has 12 nitrogen and oxygen atoms in total. The number of hydrogen-bond acceptors (Lipinski definition) is 10. The number of methoxy groups -OCH3 is 6. The highest BCUT2D eigenvalue weighted by molar-refractivity contribution is 5.85. The van der Waals surface area contributed by atoms with Gasteiger partial charge in [0.1, 0.15) is 0 Å². The minimum atomic E-state index is 0. The Kier molecular flexibility index (Phi) is 12.4. The summed E-state index contributed by atoms with van der Waals surface area (Å²) in [5.41, 5.74) is 5.58. The van der Waals surface area contributed by atoms with Crippen LogP contribution in [0.2, 0.25) is 0 Å². The van der Waals surface area contributed by atoms with Crippen LogP contribution in [0.3, 0.4) is 0 Å². The van der Waals surface area contributed by atoms with Crippen LogP contribution in [-0.2, 0) is 13.1 Å². The number of ether oxygens (including phenoxy) is 6. The Labute approximate surface area is 269 Å². The third-order valence-corrected chi connectivity index (χ3v) is 7.45. The Hall–Kier alpha value is -3.84. The molecule has 2 aromatic carbocycles. The molecule has 4 aromatic rings. The molecule has 14 heteroatoms. The fraction of sp³-hybridized carbons (Fsp3) is 0.400. The summed E-state index contributed by atoms with van der Waals surface area (Å²) < 4.78 is 32.9. The van der Waals surface area contributed by atoms with Gasteiger partial charge in [0.05, 0.1) is 65.4 Å². The van der Waals surface area contributed by atoms with E-state index in [1.54, 1.807) is 42.7 Å². The quantitative estimate of drug-likeness (QED) is 0.224. The van der Waals surface area contributed by atoms with Gasteiger partial charge in [-0.25, -0.2) is 0 Å².